The van der Waals surface area contributed by atoms with Gasteiger partial charge in [-0.1, -0.05) is 52.9 Å². The molecule has 12 heteroatoms. The molecule has 0 aliphatic carbocycles. The summed E-state index contributed by atoms with van der Waals surface area (Å²) in [6.45, 7) is -0.293. The van der Waals surface area contributed by atoms with Crippen molar-refractivity contribution in [3.63, 3.8) is 0 Å². The molecular weight excluding hydrogens is 586 g/mol. The van der Waals surface area contributed by atoms with E-state index in [0.29, 0.717) is 43.4 Å². The second-order valence-electron chi connectivity index (χ2n) is 9.34. The lowest BCUT2D eigenvalue weighted by Crippen LogP contribution is -2.32. The van der Waals surface area contributed by atoms with Gasteiger partial charge in [-0.3, -0.25) is 19.2 Å². The fourth-order valence-corrected chi connectivity index (χ4v) is 7.71. The number of benzene rings is 3. The summed E-state index contributed by atoms with van der Waals surface area (Å²) in [5.41, 5.74) is 1.62. The Morgan fingerprint density at radius 2 is 1.73 bits per heavy atom. The summed E-state index contributed by atoms with van der Waals surface area (Å²) in [6.07, 6.45) is 0. The molecule has 2 aliphatic heterocycles. The third kappa shape index (κ3) is 5.12. The van der Waals surface area contributed by atoms with Gasteiger partial charge in [0.2, 0.25) is 11.8 Å². The molecule has 41 heavy (non-hydrogen) atoms. The Balaban J connectivity index is 1.31. The zero-order valence-corrected chi connectivity index (χ0v) is 23.8. The fourth-order valence-electron chi connectivity index (χ4n) is 5.08. The Hall–Kier alpha value is -4.06. The molecule has 2 N–H and O–H groups in total. The molecule has 2 aliphatic rings. The van der Waals surface area contributed by atoms with Crippen molar-refractivity contribution in [3.05, 3.63) is 97.9 Å². The van der Waals surface area contributed by atoms with E-state index in [1.54, 1.807) is 79.9 Å². The molecule has 3 aromatic carbocycles. The maximum Gasteiger partial charge on any atom is 0.305 e. The summed E-state index contributed by atoms with van der Waals surface area (Å²) in [5, 5.41) is 3.06. The van der Waals surface area contributed by atoms with Crippen molar-refractivity contribution < 1.29 is 23.9 Å². The zero-order valence-electron chi connectivity index (χ0n) is 21.5. The quantitative estimate of drug-likeness (QED) is 0.287. The zero-order chi connectivity index (χ0) is 28.7. The van der Waals surface area contributed by atoms with Gasteiger partial charge in [0.1, 0.15) is 16.7 Å². The van der Waals surface area contributed by atoms with Crippen molar-refractivity contribution in [2.45, 2.75) is 16.2 Å². The van der Waals surface area contributed by atoms with E-state index in [4.69, 9.17) is 21.1 Å². The second kappa shape index (κ2) is 11.1. The first-order valence-electron chi connectivity index (χ1n) is 12.5. The number of carbonyl (C=O) groups excluding carboxylic acids is 3. The Morgan fingerprint density at radius 3 is 2.46 bits per heavy atom. The molecule has 3 atom stereocenters. The van der Waals surface area contributed by atoms with Crippen LogP contribution >= 0.6 is 34.7 Å². The average Bonchev–Trinajstić information content (AvgIpc) is 3.47. The first-order chi connectivity index (χ1) is 19.8. The highest BCUT2D eigenvalue weighted by atomic mass is 35.5. The summed E-state index contributed by atoms with van der Waals surface area (Å²) in [6, 6.07) is 20.5. The Bertz CT molecular complexity index is 1700. The Morgan fingerprint density at radius 1 is 1.00 bits per heavy atom. The predicted molar refractivity (Wildman–Crippen MR) is 157 cm³/mol. The van der Waals surface area contributed by atoms with E-state index in [-0.39, 0.29) is 29.2 Å². The number of imide groups is 1. The molecule has 6 rings (SSSR count). The second-order valence-corrected chi connectivity index (χ2v) is 11.9. The van der Waals surface area contributed by atoms with Crippen molar-refractivity contribution in [1.82, 2.24) is 4.98 Å². The summed E-state index contributed by atoms with van der Waals surface area (Å²) in [5.74, 6) is -1.52. The highest BCUT2D eigenvalue weighted by Gasteiger charge is 2.56. The van der Waals surface area contributed by atoms with Crippen molar-refractivity contribution in [3.8, 4) is 11.5 Å². The van der Waals surface area contributed by atoms with Crippen molar-refractivity contribution in [2.75, 3.05) is 23.9 Å². The van der Waals surface area contributed by atoms with Crippen LogP contribution in [-0.2, 0) is 14.4 Å². The molecule has 1 fully saturated rings. The largest absolute Gasteiger partial charge is 0.497 e. The number of fused-ring (bicyclic) bond motifs is 2. The molecule has 3 heterocycles. The maximum atomic E-state index is 13.9. The van der Waals surface area contributed by atoms with Gasteiger partial charge in [-0.05, 0) is 54.6 Å². The van der Waals surface area contributed by atoms with Gasteiger partial charge in [-0.2, -0.15) is 0 Å². The number of nitrogens with one attached hydrogen (secondary N) is 2. The number of thioether (sulfide) groups is 1. The molecule has 0 radical (unpaired) electrons. The SMILES string of the molecule is COc1ccc(NC(=O)COc2ccccc2[C@H]2c3sc(=O)[nH]c3SC3C(=O)N(c4ccc(Cl)cc4)C(=O)C32)cc1. The Kier molecular flexibility index (Phi) is 7.33. The third-order valence-corrected chi connectivity index (χ3v) is 9.55. The van der Waals surface area contributed by atoms with Gasteiger partial charge >= 0.3 is 4.87 Å². The van der Waals surface area contributed by atoms with E-state index in [2.05, 4.69) is 10.3 Å². The molecule has 1 saturated heterocycles. The van der Waals surface area contributed by atoms with Crippen LogP contribution in [0.4, 0.5) is 11.4 Å². The number of amides is 3. The molecule has 1 aromatic heterocycles. The van der Waals surface area contributed by atoms with E-state index in [1.165, 1.54) is 16.7 Å². The highest BCUT2D eigenvalue weighted by molar-refractivity contribution is 8.00. The minimum atomic E-state index is -0.792. The lowest BCUT2D eigenvalue weighted by molar-refractivity contribution is -0.122. The number of aromatic amines is 1. The van der Waals surface area contributed by atoms with Crippen LogP contribution in [0.3, 0.4) is 0 Å². The van der Waals surface area contributed by atoms with Crippen LogP contribution in [0, 0.1) is 5.92 Å². The maximum absolute atomic E-state index is 13.9. The van der Waals surface area contributed by atoms with Gasteiger partial charge in [-0.25, -0.2) is 4.90 Å². The van der Waals surface area contributed by atoms with Crippen LogP contribution in [-0.4, -0.2) is 41.7 Å². The lowest BCUT2D eigenvalue weighted by atomic mass is 9.82. The highest BCUT2D eigenvalue weighted by Crippen LogP contribution is 2.54. The molecule has 2 unspecified atom stereocenters. The number of methoxy groups -OCH3 is 1. The Labute approximate surface area is 247 Å². The van der Waals surface area contributed by atoms with Crippen LogP contribution in [0.1, 0.15) is 16.4 Å². The standard InChI is InChI=1S/C29H22ClN3O6S2/c1-38-18-12-8-16(9-13-18)31-21(34)14-39-20-5-3-2-4-19(20)22-23-25(40-26-24(22)41-29(37)32-26)28(36)33(27(23)35)17-10-6-15(30)7-11-17/h2-13,22-23,25H,14H2,1H3,(H,31,34)(H,32,37)/t22-,23?,25?/m1/s1. The van der Waals surface area contributed by atoms with Gasteiger partial charge in [0.05, 0.1) is 23.7 Å². The van der Waals surface area contributed by atoms with Crippen LogP contribution < -0.4 is 24.6 Å². The van der Waals surface area contributed by atoms with Crippen LogP contribution in [0.15, 0.2) is 82.6 Å². The van der Waals surface area contributed by atoms with Crippen LogP contribution in [0.2, 0.25) is 5.02 Å². The van der Waals surface area contributed by atoms with Gasteiger partial charge in [-0.15, -0.1) is 0 Å². The van der Waals surface area contributed by atoms with Gasteiger partial charge in [0, 0.05) is 27.1 Å². The predicted octanol–water partition coefficient (Wildman–Crippen LogP) is 4.91. The summed E-state index contributed by atoms with van der Waals surface area (Å²) >= 11 is 8.23. The number of nitrogens with zero attached hydrogens (tertiary/aromatic N) is 1. The number of H-pyrrole nitrogens is 1. The molecule has 3 amide bonds. The van der Waals surface area contributed by atoms with Crippen LogP contribution in [0.25, 0.3) is 0 Å². The molecule has 0 spiro atoms. The van der Waals surface area contributed by atoms with Gasteiger partial charge in [0.15, 0.2) is 6.61 Å². The minimum Gasteiger partial charge on any atom is -0.497 e. The number of aromatic nitrogens is 1. The number of anilines is 2. The lowest BCUT2D eigenvalue weighted by Gasteiger charge is -2.30. The monoisotopic (exact) mass is 607 g/mol. The number of ether oxygens (including phenoxy) is 2. The normalized spacial score (nSPS) is 19.5. The fraction of sp³-hybridized carbons (Fsp3) is 0.172. The summed E-state index contributed by atoms with van der Waals surface area (Å²) < 4.78 is 11.1. The number of thiazole rings is 1. The minimum absolute atomic E-state index is 0.279. The van der Waals surface area contributed by atoms with E-state index in [9.17, 15) is 19.2 Å². The van der Waals surface area contributed by atoms with E-state index in [0.717, 1.165) is 11.3 Å². The van der Waals surface area contributed by atoms with Gasteiger partial charge < -0.3 is 19.8 Å². The van der Waals surface area contributed by atoms with Crippen molar-refractivity contribution in [2.24, 2.45) is 5.92 Å². The van der Waals surface area contributed by atoms with Crippen LogP contribution in [0.5, 0.6) is 11.5 Å². The first-order valence-corrected chi connectivity index (χ1v) is 14.6. The number of hydrogen-bond donors (Lipinski definition) is 2. The number of hydrogen-bond acceptors (Lipinski definition) is 8. The first kappa shape index (κ1) is 27.1. The number of halogens is 1. The van der Waals surface area contributed by atoms with Gasteiger partial charge in [0.25, 0.3) is 5.91 Å². The molecule has 9 nitrogen and oxygen atoms in total. The molecule has 208 valence electrons. The van der Waals surface area contributed by atoms with E-state index >= 15 is 0 Å². The summed E-state index contributed by atoms with van der Waals surface area (Å²) in [7, 11) is 1.56. The molecule has 4 aromatic rings. The van der Waals surface area contributed by atoms with Crippen molar-refractivity contribution in [1.29, 1.82) is 0 Å². The molecular formula is C29H22ClN3O6S2. The van der Waals surface area contributed by atoms with Crippen molar-refractivity contribution >= 4 is 63.8 Å². The summed E-state index contributed by atoms with van der Waals surface area (Å²) in [4.78, 5) is 57.0. The third-order valence-electron chi connectivity index (χ3n) is 6.90. The average molecular weight is 608 g/mol. The van der Waals surface area contributed by atoms with E-state index in [1.807, 2.05) is 0 Å². The molecule has 0 saturated carbocycles. The van der Waals surface area contributed by atoms with E-state index < -0.39 is 17.1 Å². The topological polar surface area (TPSA) is 118 Å². The molecule has 0 bridgehead atoms. The number of para-hydroxylation sites is 1. The number of rotatable bonds is 7. The smallest absolute Gasteiger partial charge is 0.305 e. The number of carbonyl (C=O) groups is 3.